The van der Waals surface area contributed by atoms with Crippen molar-refractivity contribution in [2.45, 2.75) is 31.2 Å². The SMILES string of the molecule is O=NN(CCCl)C(=O)NC1(C(=O)Nc2nncs2)CCCC1. The minimum absolute atomic E-state index is 0.0228. The Labute approximate surface area is 135 Å². The molecule has 0 spiro atoms. The fourth-order valence-corrected chi connectivity index (χ4v) is 2.96. The van der Waals surface area contributed by atoms with E-state index in [-0.39, 0.29) is 18.3 Å². The van der Waals surface area contributed by atoms with E-state index in [1.54, 1.807) is 0 Å². The Hall–Kier alpha value is -1.81. The van der Waals surface area contributed by atoms with Crippen LogP contribution in [-0.4, -0.2) is 45.1 Å². The first-order valence-electron chi connectivity index (χ1n) is 6.68. The van der Waals surface area contributed by atoms with Gasteiger partial charge >= 0.3 is 6.03 Å². The number of urea groups is 1. The van der Waals surface area contributed by atoms with Crippen molar-refractivity contribution in [1.82, 2.24) is 20.5 Å². The molecular weight excluding hydrogens is 332 g/mol. The first-order chi connectivity index (χ1) is 10.6. The number of carbonyl (C=O) groups excluding carboxylic acids is 2. The molecule has 1 aliphatic carbocycles. The lowest BCUT2D eigenvalue weighted by Crippen LogP contribution is -2.57. The van der Waals surface area contributed by atoms with Gasteiger partial charge in [0.25, 0.3) is 5.91 Å². The summed E-state index contributed by atoms with van der Waals surface area (Å²) in [6, 6.07) is -0.732. The van der Waals surface area contributed by atoms with Crippen LogP contribution in [0.4, 0.5) is 9.93 Å². The molecule has 120 valence electrons. The van der Waals surface area contributed by atoms with Gasteiger partial charge in [-0.15, -0.1) is 26.7 Å². The fraction of sp³-hybridized carbons (Fsp3) is 0.636. The minimum Gasteiger partial charge on any atom is -0.322 e. The highest BCUT2D eigenvalue weighted by atomic mass is 35.5. The summed E-state index contributed by atoms with van der Waals surface area (Å²) in [5, 5.41) is 16.3. The Morgan fingerprint density at radius 1 is 1.45 bits per heavy atom. The standard InChI is InChI=1S/C11H15ClN6O3S/c12-5-6-18(17-21)10(20)15-11(3-1-2-4-11)8(19)14-9-16-13-7-22-9/h7H,1-6H2,(H,15,20)(H,14,16,19). The molecule has 22 heavy (non-hydrogen) atoms. The Kier molecular flexibility index (Phi) is 5.61. The number of anilines is 1. The summed E-state index contributed by atoms with van der Waals surface area (Å²) in [6.45, 7) is -0.0228. The Morgan fingerprint density at radius 2 is 2.18 bits per heavy atom. The maximum atomic E-state index is 12.5. The van der Waals surface area contributed by atoms with E-state index in [1.807, 2.05) is 0 Å². The predicted octanol–water partition coefficient (Wildman–Crippen LogP) is 1.72. The molecule has 1 aromatic heterocycles. The maximum Gasteiger partial charge on any atom is 0.341 e. The Balaban J connectivity index is 2.09. The van der Waals surface area contributed by atoms with Gasteiger partial charge in [-0.1, -0.05) is 24.2 Å². The average Bonchev–Trinajstić information content (AvgIpc) is 3.17. The summed E-state index contributed by atoms with van der Waals surface area (Å²) in [5.74, 6) is -0.296. The van der Waals surface area contributed by atoms with Gasteiger partial charge in [-0.3, -0.25) is 10.1 Å². The maximum absolute atomic E-state index is 12.5. The number of alkyl halides is 1. The van der Waals surface area contributed by atoms with E-state index in [1.165, 1.54) is 16.8 Å². The predicted molar refractivity (Wildman–Crippen MR) is 81.5 cm³/mol. The molecule has 0 atom stereocenters. The molecule has 1 fully saturated rings. The third-order valence-electron chi connectivity index (χ3n) is 3.45. The third kappa shape index (κ3) is 3.69. The molecule has 11 heteroatoms. The van der Waals surface area contributed by atoms with E-state index in [0.29, 0.717) is 23.0 Å². The number of hydrogen-bond donors (Lipinski definition) is 2. The molecule has 2 rings (SSSR count). The molecule has 1 heterocycles. The second-order valence-electron chi connectivity index (χ2n) is 4.81. The quantitative estimate of drug-likeness (QED) is 0.462. The number of nitroso groups, excluding NO2 is 1. The van der Waals surface area contributed by atoms with E-state index >= 15 is 0 Å². The van der Waals surface area contributed by atoms with Crippen molar-refractivity contribution >= 4 is 40.0 Å². The van der Waals surface area contributed by atoms with E-state index in [2.05, 4.69) is 26.1 Å². The zero-order valence-corrected chi connectivity index (χ0v) is 13.2. The van der Waals surface area contributed by atoms with Crippen LogP contribution in [0.2, 0.25) is 0 Å². The van der Waals surface area contributed by atoms with Gasteiger partial charge in [-0.05, 0) is 12.8 Å². The smallest absolute Gasteiger partial charge is 0.322 e. The molecular formula is C11H15ClN6O3S. The lowest BCUT2D eigenvalue weighted by atomic mass is 9.96. The van der Waals surface area contributed by atoms with Gasteiger partial charge in [-0.2, -0.15) is 5.01 Å². The second-order valence-corrected chi connectivity index (χ2v) is 6.02. The molecule has 1 saturated carbocycles. The molecule has 0 aromatic carbocycles. The highest BCUT2D eigenvalue weighted by Crippen LogP contribution is 2.31. The zero-order valence-electron chi connectivity index (χ0n) is 11.6. The zero-order chi connectivity index (χ0) is 16.0. The van der Waals surface area contributed by atoms with Crippen molar-refractivity contribution in [2.75, 3.05) is 17.7 Å². The fourth-order valence-electron chi connectivity index (χ4n) is 2.36. The highest BCUT2D eigenvalue weighted by Gasteiger charge is 2.43. The van der Waals surface area contributed by atoms with Crippen molar-refractivity contribution in [3.8, 4) is 0 Å². The summed E-state index contributed by atoms with van der Waals surface area (Å²) in [5.41, 5.74) is 0.423. The molecule has 0 bridgehead atoms. The number of aromatic nitrogens is 2. The first kappa shape index (κ1) is 16.6. The third-order valence-corrected chi connectivity index (χ3v) is 4.22. The molecule has 2 N–H and O–H groups in total. The Bertz CT molecular complexity index is 534. The van der Waals surface area contributed by atoms with Gasteiger partial charge in [0.05, 0.1) is 11.8 Å². The van der Waals surface area contributed by atoms with E-state index in [4.69, 9.17) is 11.6 Å². The number of carbonyl (C=O) groups is 2. The van der Waals surface area contributed by atoms with Crippen molar-refractivity contribution in [1.29, 1.82) is 0 Å². The van der Waals surface area contributed by atoms with Crippen molar-refractivity contribution < 1.29 is 9.59 Å². The van der Waals surface area contributed by atoms with Crippen LogP contribution in [0.25, 0.3) is 0 Å². The summed E-state index contributed by atoms with van der Waals surface area (Å²) < 4.78 is 0. The average molecular weight is 347 g/mol. The summed E-state index contributed by atoms with van der Waals surface area (Å²) in [6.07, 6.45) is 2.57. The molecule has 9 nitrogen and oxygen atoms in total. The molecule has 1 aromatic rings. The molecule has 0 aliphatic heterocycles. The largest absolute Gasteiger partial charge is 0.341 e. The number of rotatable bonds is 6. The molecule has 0 unspecified atom stereocenters. The van der Waals surface area contributed by atoms with Gasteiger partial charge in [0.15, 0.2) is 0 Å². The van der Waals surface area contributed by atoms with Crippen LogP contribution in [0.5, 0.6) is 0 Å². The number of amides is 3. The molecule has 0 saturated heterocycles. The van der Waals surface area contributed by atoms with Gasteiger partial charge in [0.1, 0.15) is 11.0 Å². The van der Waals surface area contributed by atoms with Gasteiger partial charge in [-0.25, -0.2) is 4.79 Å². The number of nitrogens with zero attached hydrogens (tertiary/aromatic N) is 4. The first-order valence-corrected chi connectivity index (χ1v) is 8.09. The van der Waals surface area contributed by atoms with Crippen molar-refractivity contribution in [3.63, 3.8) is 0 Å². The topological polar surface area (TPSA) is 117 Å². The van der Waals surface area contributed by atoms with Gasteiger partial charge in [0.2, 0.25) is 5.13 Å². The van der Waals surface area contributed by atoms with Gasteiger partial charge < -0.3 is 5.32 Å². The van der Waals surface area contributed by atoms with Crippen LogP contribution in [0.15, 0.2) is 10.8 Å². The summed E-state index contributed by atoms with van der Waals surface area (Å²) in [4.78, 5) is 35.3. The molecule has 3 amide bonds. The summed E-state index contributed by atoms with van der Waals surface area (Å²) >= 11 is 6.70. The van der Waals surface area contributed by atoms with Crippen LogP contribution >= 0.6 is 22.9 Å². The number of hydrogen-bond acceptors (Lipinski definition) is 7. The van der Waals surface area contributed by atoms with Crippen LogP contribution < -0.4 is 10.6 Å². The van der Waals surface area contributed by atoms with E-state index < -0.39 is 11.6 Å². The number of halogens is 1. The van der Waals surface area contributed by atoms with E-state index in [9.17, 15) is 14.5 Å². The summed E-state index contributed by atoms with van der Waals surface area (Å²) in [7, 11) is 0. The van der Waals surface area contributed by atoms with Crippen LogP contribution in [-0.2, 0) is 4.79 Å². The second kappa shape index (κ2) is 7.45. The number of nitrogens with one attached hydrogen (secondary N) is 2. The van der Waals surface area contributed by atoms with Crippen LogP contribution in [0, 0.1) is 4.91 Å². The minimum atomic E-state index is -1.07. The van der Waals surface area contributed by atoms with Crippen LogP contribution in [0.1, 0.15) is 25.7 Å². The van der Waals surface area contributed by atoms with Crippen molar-refractivity contribution in [2.24, 2.45) is 5.29 Å². The lowest BCUT2D eigenvalue weighted by Gasteiger charge is -2.29. The van der Waals surface area contributed by atoms with E-state index in [0.717, 1.165) is 12.8 Å². The van der Waals surface area contributed by atoms with Crippen molar-refractivity contribution in [3.05, 3.63) is 10.4 Å². The van der Waals surface area contributed by atoms with Gasteiger partial charge in [0, 0.05) is 5.88 Å². The molecule has 0 radical (unpaired) electrons. The molecule has 1 aliphatic rings. The lowest BCUT2D eigenvalue weighted by molar-refractivity contribution is -0.122. The highest BCUT2D eigenvalue weighted by molar-refractivity contribution is 7.13. The Morgan fingerprint density at radius 3 is 2.73 bits per heavy atom. The normalized spacial score (nSPS) is 16.0. The van der Waals surface area contributed by atoms with Crippen LogP contribution in [0.3, 0.4) is 0 Å². The monoisotopic (exact) mass is 346 g/mol.